The predicted octanol–water partition coefficient (Wildman–Crippen LogP) is 2.97. The Hall–Kier alpha value is -0.638. The van der Waals surface area contributed by atoms with Gasteiger partial charge in [-0.25, -0.2) is 0 Å². The largest absolute Gasteiger partial charge is 0.0622 e. The summed E-state index contributed by atoms with van der Waals surface area (Å²) in [6.07, 6.45) is 0. The third-order valence-corrected chi connectivity index (χ3v) is 1.88. The van der Waals surface area contributed by atoms with Crippen molar-refractivity contribution in [3.05, 3.63) is 60.7 Å². The summed E-state index contributed by atoms with van der Waals surface area (Å²) in [6, 6.07) is 20.8. The maximum absolute atomic E-state index is 2.12. The molecule has 0 atom stereocenters. The van der Waals surface area contributed by atoms with Gasteiger partial charge in [0.1, 0.15) is 0 Å². The van der Waals surface area contributed by atoms with Gasteiger partial charge in [0, 0.05) is 27.3 Å². The Bertz CT molecular complexity index is 303. The van der Waals surface area contributed by atoms with E-state index < -0.39 is 0 Å². The summed E-state index contributed by atoms with van der Waals surface area (Å²) in [4.78, 5) is 0. The van der Waals surface area contributed by atoms with Crippen LogP contribution in [0.4, 0.5) is 0 Å². The molecule has 0 N–H and O–H groups in total. The zero-order valence-corrected chi connectivity index (χ0v) is 11.2. The summed E-state index contributed by atoms with van der Waals surface area (Å²) in [5.74, 6) is 0. The first-order chi connectivity index (χ1) is 5.97. The number of hydrogen-bond acceptors (Lipinski definition) is 0. The van der Waals surface area contributed by atoms with Gasteiger partial charge < -0.3 is 0 Å². The molecule has 0 amide bonds. The molecular formula is C12H10Pb. The van der Waals surface area contributed by atoms with Gasteiger partial charge in [-0.05, 0) is 11.1 Å². The van der Waals surface area contributed by atoms with Crippen LogP contribution >= 0.6 is 0 Å². The minimum Gasteiger partial charge on any atom is -0.0622 e. The summed E-state index contributed by atoms with van der Waals surface area (Å²) in [5, 5.41) is 0. The van der Waals surface area contributed by atoms with E-state index in [0.717, 1.165) is 0 Å². The zero-order chi connectivity index (χ0) is 8.23. The summed E-state index contributed by atoms with van der Waals surface area (Å²) in [6.45, 7) is 0. The molecule has 1 heteroatoms. The van der Waals surface area contributed by atoms with Gasteiger partial charge in [0.2, 0.25) is 0 Å². The van der Waals surface area contributed by atoms with Crippen LogP contribution in [0.1, 0.15) is 0 Å². The van der Waals surface area contributed by atoms with Crippen LogP contribution in [-0.4, -0.2) is 27.3 Å². The first-order valence-electron chi connectivity index (χ1n) is 4.07. The van der Waals surface area contributed by atoms with Gasteiger partial charge in [0.15, 0.2) is 0 Å². The number of rotatable bonds is 1. The molecule has 0 unspecified atom stereocenters. The van der Waals surface area contributed by atoms with E-state index in [1.807, 2.05) is 12.1 Å². The molecule has 0 aliphatic rings. The van der Waals surface area contributed by atoms with E-state index in [1.54, 1.807) is 0 Å². The van der Waals surface area contributed by atoms with Crippen LogP contribution in [0.15, 0.2) is 60.7 Å². The Morgan fingerprint density at radius 3 is 1.08 bits per heavy atom. The van der Waals surface area contributed by atoms with E-state index in [9.17, 15) is 0 Å². The molecule has 0 heterocycles. The van der Waals surface area contributed by atoms with Crippen LogP contribution < -0.4 is 0 Å². The van der Waals surface area contributed by atoms with E-state index in [-0.39, 0.29) is 27.3 Å². The summed E-state index contributed by atoms with van der Waals surface area (Å²) in [5.41, 5.74) is 2.55. The van der Waals surface area contributed by atoms with Gasteiger partial charge in [0.25, 0.3) is 0 Å². The molecule has 0 aliphatic carbocycles. The van der Waals surface area contributed by atoms with Crippen LogP contribution in [0.5, 0.6) is 0 Å². The Morgan fingerprint density at radius 1 is 0.462 bits per heavy atom. The van der Waals surface area contributed by atoms with Crippen molar-refractivity contribution in [1.29, 1.82) is 0 Å². The molecule has 0 aliphatic heterocycles. The third kappa shape index (κ3) is 2.66. The SMILES string of the molecule is [Pb].c1ccc(-c2ccccc2)cc1. The zero-order valence-electron chi connectivity index (χ0n) is 7.27. The second-order valence-corrected chi connectivity index (χ2v) is 2.73. The molecule has 2 aromatic carbocycles. The quantitative estimate of drug-likeness (QED) is 0.685. The molecular weight excluding hydrogens is 351 g/mol. The van der Waals surface area contributed by atoms with Gasteiger partial charge in [-0.2, -0.15) is 0 Å². The van der Waals surface area contributed by atoms with Crippen molar-refractivity contribution in [2.45, 2.75) is 0 Å². The molecule has 2 rings (SSSR count). The minimum atomic E-state index is 0. The first kappa shape index (κ1) is 10.4. The van der Waals surface area contributed by atoms with Crippen molar-refractivity contribution in [1.82, 2.24) is 0 Å². The van der Waals surface area contributed by atoms with Crippen LogP contribution in [0.25, 0.3) is 11.1 Å². The standard InChI is InChI=1S/C12H10.Pb/c1-3-7-11(8-4-1)12-9-5-2-6-10-12;/h1-10H;. The van der Waals surface area contributed by atoms with Gasteiger partial charge in [-0.1, -0.05) is 60.7 Å². The Morgan fingerprint density at radius 2 is 0.769 bits per heavy atom. The molecule has 0 fully saturated rings. The van der Waals surface area contributed by atoms with E-state index in [2.05, 4.69) is 48.5 Å². The van der Waals surface area contributed by atoms with Crippen molar-refractivity contribution < 1.29 is 0 Å². The molecule has 62 valence electrons. The van der Waals surface area contributed by atoms with Crippen LogP contribution in [0.2, 0.25) is 0 Å². The van der Waals surface area contributed by atoms with Crippen LogP contribution in [0, 0.1) is 0 Å². The molecule has 0 spiro atoms. The molecule has 13 heavy (non-hydrogen) atoms. The van der Waals surface area contributed by atoms with Crippen LogP contribution in [-0.2, 0) is 0 Å². The monoisotopic (exact) mass is 362 g/mol. The van der Waals surface area contributed by atoms with Crippen molar-refractivity contribution in [3.63, 3.8) is 0 Å². The summed E-state index contributed by atoms with van der Waals surface area (Å²) >= 11 is 0. The number of benzene rings is 2. The fourth-order valence-corrected chi connectivity index (χ4v) is 1.26. The molecule has 0 saturated heterocycles. The van der Waals surface area contributed by atoms with E-state index >= 15 is 0 Å². The van der Waals surface area contributed by atoms with Gasteiger partial charge >= 0.3 is 0 Å². The maximum Gasteiger partial charge on any atom is 0 e. The Labute approximate surface area is 98.8 Å². The van der Waals surface area contributed by atoms with E-state index in [0.29, 0.717) is 0 Å². The maximum atomic E-state index is 2.12. The molecule has 4 radical (unpaired) electrons. The Kier molecular flexibility index (Phi) is 4.15. The average molecular weight is 361 g/mol. The summed E-state index contributed by atoms with van der Waals surface area (Å²) in [7, 11) is 0. The van der Waals surface area contributed by atoms with E-state index in [4.69, 9.17) is 0 Å². The molecule has 0 nitrogen and oxygen atoms in total. The smallest absolute Gasteiger partial charge is 0 e. The molecule has 2 aromatic rings. The van der Waals surface area contributed by atoms with Crippen molar-refractivity contribution in [2.24, 2.45) is 0 Å². The van der Waals surface area contributed by atoms with Gasteiger partial charge in [-0.15, -0.1) is 0 Å². The topological polar surface area (TPSA) is 0 Å². The van der Waals surface area contributed by atoms with Crippen molar-refractivity contribution >= 4 is 27.3 Å². The second kappa shape index (κ2) is 5.17. The Balaban J connectivity index is 0.000000845. The van der Waals surface area contributed by atoms with Gasteiger partial charge in [0.05, 0.1) is 0 Å². The average Bonchev–Trinajstić information content (AvgIpc) is 2.21. The fraction of sp³-hybridized carbons (Fsp3) is 0. The van der Waals surface area contributed by atoms with Crippen LogP contribution in [0.3, 0.4) is 0 Å². The van der Waals surface area contributed by atoms with Crippen molar-refractivity contribution in [3.8, 4) is 11.1 Å². The molecule has 0 bridgehead atoms. The first-order valence-corrected chi connectivity index (χ1v) is 4.07. The van der Waals surface area contributed by atoms with E-state index in [1.165, 1.54) is 11.1 Å². The second-order valence-electron chi connectivity index (χ2n) is 2.73. The van der Waals surface area contributed by atoms with Gasteiger partial charge in [-0.3, -0.25) is 0 Å². The normalized spacial score (nSPS) is 8.92. The predicted molar refractivity (Wildman–Crippen MR) is 57.6 cm³/mol. The number of hydrogen-bond donors (Lipinski definition) is 0. The third-order valence-electron chi connectivity index (χ3n) is 1.88. The molecule has 0 aromatic heterocycles. The summed E-state index contributed by atoms with van der Waals surface area (Å²) < 4.78 is 0. The fourth-order valence-electron chi connectivity index (χ4n) is 1.26. The minimum absolute atomic E-state index is 0. The molecule has 0 saturated carbocycles. The van der Waals surface area contributed by atoms with Crippen molar-refractivity contribution in [2.75, 3.05) is 0 Å².